The molecule has 0 spiro atoms. The first-order valence-corrected chi connectivity index (χ1v) is 8.08. The number of halogens is 2. The van der Waals surface area contributed by atoms with Crippen LogP contribution in [0.1, 0.15) is 40.8 Å². The maximum absolute atomic E-state index is 12.4. The molecule has 0 saturated heterocycles. The Morgan fingerprint density at radius 1 is 1.43 bits per heavy atom. The van der Waals surface area contributed by atoms with E-state index in [1.165, 1.54) is 4.88 Å². The van der Waals surface area contributed by atoms with E-state index in [4.69, 9.17) is 0 Å². The maximum atomic E-state index is 12.4. The van der Waals surface area contributed by atoms with Crippen molar-refractivity contribution in [1.82, 2.24) is 15.5 Å². The van der Waals surface area contributed by atoms with E-state index in [2.05, 4.69) is 20.8 Å². The predicted molar refractivity (Wildman–Crippen MR) is 77.0 cm³/mol. The molecule has 0 aliphatic heterocycles. The number of nitrogens with zero attached hydrogens (tertiary/aromatic N) is 2. The van der Waals surface area contributed by atoms with Crippen LogP contribution in [0.25, 0.3) is 0 Å². The number of nitrogens with one attached hydrogen (secondary N) is 2. The highest BCUT2D eigenvalue weighted by atomic mass is 32.1. The Labute approximate surface area is 127 Å². The van der Waals surface area contributed by atoms with Gasteiger partial charge in [-0.2, -0.15) is 0 Å². The van der Waals surface area contributed by atoms with Gasteiger partial charge < -0.3 is 5.32 Å². The number of fused-ring (bicyclic) bond motifs is 1. The summed E-state index contributed by atoms with van der Waals surface area (Å²) in [6, 6.07) is 1.53. The Morgan fingerprint density at radius 3 is 3.05 bits per heavy atom. The zero-order chi connectivity index (χ0) is 14.8. The number of amides is 2. The zero-order valence-electron chi connectivity index (χ0n) is 10.8. The molecular formula is C12H12F2N4OS2. The number of thiophene rings is 1. The van der Waals surface area contributed by atoms with E-state index in [0.29, 0.717) is 11.3 Å². The number of anilines is 1. The lowest BCUT2D eigenvalue weighted by atomic mass is 9.94. The third-order valence-corrected chi connectivity index (χ3v) is 5.05. The van der Waals surface area contributed by atoms with Crippen LogP contribution in [0.5, 0.6) is 0 Å². The van der Waals surface area contributed by atoms with Crippen LogP contribution < -0.4 is 10.6 Å². The van der Waals surface area contributed by atoms with Gasteiger partial charge in [-0.15, -0.1) is 21.5 Å². The smallest absolute Gasteiger partial charge is 0.321 e. The van der Waals surface area contributed by atoms with Gasteiger partial charge in [-0.05, 0) is 36.3 Å². The highest BCUT2D eigenvalue weighted by Crippen LogP contribution is 2.33. The monoisotopic (exact) mass is 330 g/mol. The Bertz CT molecular complexity index is 643. The number of hydrogen-bond donors (Lipinski definition) is 2. The van der Waals surface area contributed by atoms with Gasteiger partial charge in [0.15, 0.2) is 5.01 Å². The first kappa shape index (κ1) is 14.3. The Balaban J connectivity index is 1.62. The van der Waals surface area contributed by atoms with Crippen molar-refractivity contribution >= 4 is 33.8 Å². The molecule has 21 heavy (non-hydrogen) atoms. The molecule has 1 atom stereocenters. The molecule has 2 aromatic heterocycles. The first-order valence-electron chi connectivity index (χ1n) is 6.39. The van der Waals surface area contributed by atoms with Gasteiger partial charge in [0.1, 0.15) is 0 Å². The van der Waals surface area contributed by atoms with Crippen LogP contribution in [0.2, 0.25) is 0 Å². The maximum Gasteiger partial charge on any atom is 0.321 e. The van der Waals surface area contributed by atoms with Crippen molar-refractivity contribution in [3.8, 4) is 0 Å². The fraction of sp³-hybridized carbons (Fsp3) is 0.417. The summed E-state index contributed by atoms with van der Waals surface area (Å²) in [6.45, 7) is 0. The summed E-state index contributed by atoms with van der Waals surface area (Å²) in [6.07, 6.45) is 0.261. The molecule has 1 unspecified atom stereocenters. The van der Waals surface area contributed by atoms with E-state index < -0.39 is 17.5 Å². The molecule has 9 heteroatoms. The average Bonchev–Trinajstić information content (AvgIpc) is 3.07. The molecule has 1 aliphatic carbocycles. The van der Waals surface area contributed by atoms with Crippen LogP contribution in [-0.4, -0.2) is 16.2 Å². The molecule has 0 radical (unpaired) electrons. The molecule has 2 aromatic rings. The highest BCUT2D eigenvalue weighted by molar-refractivity contribution is 7.15. The molecule has 0 fully saturated rings. The fourth-order valence-corrected chi connectivity index (χ4v) is 3.88. The van der Waals surface area contributed by atoms with Crippen molar-refractivity contribution in [2.24, 2.45) is 0 Å². The Kier molecular flexibility index (Phi) is 4.11. The molecule has 112 valence electrons. The average molecular weight is 330 g/mol. The molecule has 5 nitrogen and oxygen atoms in total. The van der Waals surface area contributed by atoms with Gasteiger partial charge in [0, 0.05) is 4.88 Å². The molecule has 2 N–H and O–H groups in total. The molecule has 2 heterocycles. The Hall–Kier alpha value is -1.61. The lowest BCUT2D eigenvalue weighted by Crippen LogP contribution is -2.33. The number of aryl methyl sites for hydroxylation is 1. The molecule has 0 saturated carbocycles. The second kappa shape index (κ2) is 6.02. The van der Waals surface area contributed by atoms with Crippen molar-refractivity contribution < 1.29 is 13.6 Å². The van der Waals surface area contributed by atoms with Gasteiger partial charge in [-0.3, -0.25) is 5.32 Å². The normalized spacial score (nSPS) is 17.6. The van der Waals surface area contributed by atoms with Crippen molar-refractivity contribution in [2.45, 2.75) is 31.7 Å². The molecular weight excluding hydrogens is 318 g/mol. The lowest BCUT2D eigenvalue weighted by Gasteiger charge is -2.23. The van der Waals surface area contributed by atoms with E-state index in [1.807, 2.05) is 11.4 Å². The fourth-order valence-electron chi connectivity index (χ4n) is 2.30. The molecule has 2 amide bonds. The van der Waals surface area contributed by atoms with Gasteiger partial charge in [-0.25, -0.2) is 13.6 Å². The Morgan fingerprint density at radius 2 is 2.29 bits per heavy atom. The molecule has 0 aromatic carbocycles. The number of aromatic nitrogens is 2. The summed E-state index contributed by atoms with van der Waals surface area (Å²) in [4.78, 5) is 13.2. The van der Waals surface area contributed by atoms with E-state index in [-0.39, 0.29) is 11.2 Å². The van der Waals surface area contributed by atoms with Crippen molar-refractivity contribution in [3.63, 3.8) is 0 Å². The second-order valence-electron chi connectivity index (χ2n) is 4.59. The van der Waals surface area contributed by atoms with E-state index in [0.717, 1.165) is 24.8 Å². The number of urea groups is 1. The van der Waals surface area contributed by atoms with Crippen LogP contribution in [0.4, 0.5) is 18.7 Å². The van der Waals surface area contributed by atoms with E-state index in [9.17, 15) is 13.6 Å². The van der Waals surface area contributed by atoms with E-state index >= 15 is 0 Å². The van der Waals surface area contributed by atoms with E-state index in [1.54, 1.807) is 11.3 Å². The minimum absolute atomic E-state index is 0.0394. The quantitative estimate of drug-likeness (QED) is 0.901. The van der Waals surface area contributed by atoms with Gasteiger partial charge in [0.05, 0.1) is 6.04 Å². The van der Waals surface area contributed by atoms with Crippen molar-refractivity contribution in [1.29, 1.82) is 0 Å². The summed E-state index contributed by atoms with van der Waals surface area (Å²) < 4.78 is 24.8. The number of rotatable bonds is 3. The minimum atomic E-state index is -2.67. The molecule has 1 aliphatic rings. The van der Waals surface area contributed by atoms with Crippen LogP contribution in [0.3, 0.4) is 0 Å². The highest BCUT2D eigenvalue weighted by Gasteiger charge is 2.23. The molecule has 0 bridgehead atoms. The summed E-state index contributed by atoms with van der Waals surface area (Å²) in [5, 5.41) is 13.8. The zero-order valence-corrected chi connectivity index (χ0v) is 12.4. The third-order valence-electron chi connectivity index (χ3n) is 3.21. The third kappa shape index (κ3) is 3.18. The van der Waals surface area contributed by atoms with Gasteiger partial charge in [0.25, 0.3) is 6.43 Å². The summed E-state index contributed by atoms with van der Waals surface area (Å²) in [5.41, 5.74) is 1.15. The van der Waals surface area contributed by atoms with Crippen LogP contribution in [0, 0.1) is 0 Å². The van der Waals surface area contributed by atoms with Crippen molar-refractivity contribution in [2.75, 3.05) is 5.32 Å². The second-order valence-corrected chi connectivity index (χ2v) is 6.60. The number of alkyl halides is 2. The van der Waals surface area contributed by atoms with Gasteiger partial charge >= 0.3 is 6.03 Å². The lowest BCUT2D eigenvalue weighted by molar-refractivity contribution is 0.150. The summed E-state index contributed by atoms with van der Waals surface area (Å²) >= 11 is 2.37. The number of hydrogen-bond acceptors (Lipinski definition) is 5. The largest absolute Gasteiger partial charge is 0.331 e. The van der Waals surface area contributed by atoms with Gasteiger partial charge in [0.2, 0.25) is 5.13 Å². The van der Waals surface area contributed by atoms with Crippen molar-refractivity contribution in [3.05, 3.63) is 26.9 Å². The summed E-state index contributed by atoms with van der Waals surface area (Å²) in [7, 11) is 0. The number of carbonyl (C=O) groups is 1. The molecule has 3 rings (SSSR count). The standard InChI is InChI=1S/C12H12F2N4OS2/c13-9(14)10-17-18-12(21-10)16-11(19)15-7-2-1-3-8-6(7)4-5-20-8/h4-5,7,9H,1-3H2,(H2,15,16,18,19). The SMILES string of the molecule is O=C(Nc1nnc(C(F)F)s1)NC1CCCc2sccc21. The van der Waals surface area contributed by atoms with Crippen LogP contribution >= 0.6 is 22.7 Å². The van der Waals surface area contributed by atoms with Crippen LogP contribution in [-0.2, 0) is 6.42 Å². The number of carbonyl (C=O) groups excluding carboxylic acids is 1. The van der Waals surface area contributed by atoms with Gasteiger partial charge in [-0.1, -0.05) is 11.3 Å². The van der Waals surface area contributed by atoms with Crippen LogP contribution in [0.15, 0.2) is 11.4 Å². The summed E-state index contributed by atoms with van der Waals surface area (Å²) in [5.74, 6) is 0. The topological polar surface area (TPSA) is 66.9 Å². The predicted octanol–water partition coefficient (Wildman–Crippen LogP) is 3.74. The first-order chi connectivity index (χ1) is 10.1. The minimum Gasteiger partial charge on any atom is -0.331 e.